The molecule has 0 aliphatic heterocycles. The third-order valence-electron chi connectivity index (χ3n) is 3.69. The van der Waals surface area contributed by atoms with E-state index < -0.39 is 6.10 Å². The summed E-state index contributed by atoms with van der Waals surface area (Å²) in [4.78, 5) is 16.3. The third kappa shape index (κ3) is 2.44. The minimum absolute atomic E-state index is 0.0896. The molecule has 1 fully saturated rings. The number of amides is 1. The fourth-order valence-electron chi connectivity index (χ4n) is 2.63. The highest BCUT2D eigenvalue weighted by Gasteiger charge is 2.31. The zero-order chi connectivity index (χ0) is 13.2. The Labute approximate surface area is 111 Å². The van der Waals surface area contributed by atoms with Gasteiger partial charge in [0, 0.05) is 17.3 Å². The van der Waals surface area contributed by atoms with Gasteiger partial charge >= 0.3 is 0 Å². The van der Waals surface area contributed by atoms with Crippen molar-refractivity contribution in [3.63, 3.8) is 0 Å². The maximum Gasteiger partial charge on any atom is 0.230 e. The Morgan fingerprint density at radius 1 is 1.32 bits per heavy atom. The molecule has 0 radical (unpaired) electrons. The first-order chi connectivity index (χ1) is 9.24. The molecule has 1 heterocycles. The fraction of sp³-hybridized carbons (Fsp3) is 0.333. The lowest BCUT2D eigenvalue weighted by atomic mass is 10.1. The summed E-state index contributed by atoms with van der Waals surface area (Å²) in [5.74, 6) is -0.363. The largest absolute Gasteiger partial charge is 0.392 e. The van der Waals surface area contributed by atoms with Crippen molar-refractivity contribution in [1.82, 2.24) is 4.98 Å². The molecule has 1 amide bonds. The van der Waals surface area contributed by atoms with Crippen LogP contribution in [0.1, 0.15) is 19.3 Å². The van der Waals surface area contributed by atoms with Crippen LogP contribution in [-0.2, 0) is 4.79 Å². The molecule has 2 aromatic rings. The van der Waals surface area contributed by atoms with Gasteiger partial charge in [-0.1, -0.05) is 6.07 Å². The second kappa shape index (κ2) is 4.97. The van der Waals surface area contributed by atoms with Gasteiger partial charge in [-0.25, -0.2) is 0 Å². The molecule has 0 spiro atoms. The number of fused-ring (bicyclic) bond motifs is 1. The molecule has 1 aromatic carbocycles. The van der Waals surface area contributed by atoms with E-state index in [-0.39, 0.29) is 11.8 Å². The number of nitrogens with one attached hydrogen (secondary N) is 1. The molecule has 1 aliphatic rings. The second-order valence-corrected chi connectivity index (χ2v) is 5.00. The Morgan fingerprint density at radius 3 is 3.00 bits per heavy atom. The molecule has 2 unspecified atom stereocenters. The highest BCUT2D eigenvalue weighted by atomic mass is 16.3. The summed E-state index contributed by atoms with van der Waals surface area (Å²) in [5, 5.41) is 13.6. The molecule has 0 bridgehead atoms. The molecule has 0 saturated heterocycles. The van der Waals surface area contributed by atoms with E-state index >= 15 is 0 Å². The van der Waals surface area contributed by atoms with Crippen LogP contribution in [0.4, 0.5) is 5.69 Å². The number of aliphatic hydroxyl groups is 1. The van der Waals surface area contributed by atoms with Crippen molar-refractivity contribution >= 4 is 22.5 Å². The highest BCUT2D eigenvalue weighted by molar-refractivity contribution is 5.95. The van der Waals surface area contributed by atoms with Crippen LogP contribution in [0.25, 0.3) is 10.9 Å². The Balaban J connectivity index is 1.79. The minimum atomic E-state index is -0.498. The smallest absolute Gasteiger partial charge is 0.230 e. The van der Waals surface area contributed by atoms with Gasteiger partial charge in [0.1, 0.15) is 0 Å². The van der Waals surface area contributed by atoms with Gasteiger partial charge in [-0.3, -0.25) is 9.78 Å². The zero-order valence-electron chi connectivity index (χ0n) is 10.5. The normalized spacial score (nSPS) is 22.6. The van der Waals surface area contributed by atoms with Crippen LogP contribution in [0.15, 0.2) is 36.5 Å². The average molecular weight is 256 g/mol. The van der Waals surface area contributed by atoms with Crippen LogP contribution < -0.4 is 5.32 Å². The van der Waals surface area contributed by atoms with Gasteiger partial charge in [0.05, 0.1) is 17.5 Å². The molecular weight excluding hydrogens is 240 g/mol. The number of carbonyl (C=O) groups excluding carboxylic acids is 1. The SMILES string of the molecule is O=C(Nc1ccc2ncccc2c1)C1CCCC1O. The fourth-order valence-corrected chi connectivity index (χ4v) is 2.63. The summed E-state index contributed by atoms with van der Waals surface area (Å²) in [7, 11) is 0. The summed E-state index contributed by atoms with van der Waals surface area (Å²) in [6.07, 6.45) is 3.65. The number of benzene rings is 1. The predicted molar refractivity (Wildman–Crippen MR) is 73.7 cm³/mol. The first-order valence-electron chi connectivity index (χ1n) is 6.58. The van der Waals surface area contributed by atoms with Gasteiger partial charge < -0.3 is 10.4 Å². The van der Waals surface area contributed by atoms with Crippen molar-refractivity contribution in [3.05, 3.63) is 36.5 Å². The van der Waals surface area contributed by atoms with Crippen molar-refractivity contribution in [1.29, 1.82) is 0 Å². The number of hydrogen-bond donors (Lipinski definition) is 2. The number of nitrogens with zero attached hydrogens (tertiary/aromatic N) is 1. The monoisotopic (exact) mass is 256 g/mol. The zero-order valence-corrected chi connectivity index (χ0v) is 10.5. The Morgan fingerprint density at radius 2 is 2.21 bits per heavy atom. The van der Waals surface area contributed by atoms with E-state index in [0.717, 1.165) is 35.9 Å². The Kier molecular flexibility index (Phi) is 3.17. The van der Waals surface area contributed by atoms with Crippen LogP contribution in [0, 0.1) is 5.92 Å². The molecule has 1 aromatic heterocycles. The number of aromatic nitrogens is 1. The van der Waals surface area contributed by atoms with Crippen molar-refractivity contribution < 1.29 is 9.90 Å². The number of pyridine rings is 1. The summed E-state index contributed by atoms with van der Waals surface area (Å²) in [5.41, 5.74) is 1.66. The van der Waals surface area contributed by atoms with Gasteiger partial charge in [0.2, 0.25) is 5.91 Å². The maximum atomic E-state index is 12.1. The molecule has 19 heavy (non-hydrogen) atoms. The third-order valence-corrected chi connectivity index (χ3v) is 3.69. The van der Waals surface area contributed by atoms with Gasteiger partial charge in [0.25, 0.3) is 0 Å². The van der Waals surface area contributed by atoms with E-state index in [2.05, 4.69) is 10.3 Å². The summed E-state index contributed by atoms with van der Waals surface area (Å²) in [6.45, 7) is 0. The second-order valence-electron chi connectivity index (χ2n) is 5.00. The maximum absolute atomic E-state index is 12.1. The van der Waals surface area contributed by atoms with Gasteiger partial charge in [-0.2, -0.15) is 0 Å². The molecule has 2 N–H and O–H groups in total. The highest BCUT2D eigenvalue weighted by Crippen LogP contribution is 2.27. The summed E-state index contributed by atoms with van der Waals surface area (Å²) in [6, 6.07) is 9.46. The van der Waals surface area contributed by atoms with Crippen LogP contribution in [-0.4, -0.2) is 22.1 Å². The van der Waals surface area contributed by atoms with Crippen LogP contribution in [0.5, 0.6) is 0 Å². The van der Waals surface area contributed by atoms with E-state index in [1.807, 2.05) is 30.3 Å². The molecule has 3 rings (SSSR count). The molecule has 4 nitrogen and oxygen atoms in total. The lowest BCUT2D eigenvalue weighted by Crippen LogP contribution is -2.28. The molecule has 1 saturated carbocycles. The topological polar surface area (TPSA) is 62.2 Å². The number of rotatable bonds is 2. The van der Waals surface area contributed by atoms with Crippen molar-refractivity contribution in [2.24, 2.45) is 5.92 Å². The molecule has 2 atom stereocenters. The van der Waals surface area contributed by atoms with Gasteiger partial charge in [0.15, 0.2) is 0 Å². The quantitative estimate of drug-likeness (QED) is 0.867. The lowest BCUT2D eigenvalue weighted by Gasteiger charge is -2.14. The van der Waals surface area contributed by atoms with Gasteiger partial charge in [-0.15, -0.1) is 0 Å². The first-order valence-corrected chi connectivity index (χ1v) is 6.58. The van der Waals surface area contributed by atoms with E-state index in [9.17, 15) is 9.90 Å². The van der Waals surface area contributed by atoms with E-state index in [4.69, 9.17) is 0 Å². The Bertz CT molecular complexity index is 612. The van der Waals surface area contributed by atoms with E-state index in [1.54, 1.807) is 6.20 Å². The van der Waals surface area contributed by atoms with Crippen molar-refractivity contribution in [2.75, 3.05) is 5.32 Å². The predicted octanol–water partition coefficient (Wildman–Crippen LogP) is 2.33. The van der Waals surface area contributed by atoms with Crippen LogP contribution in [0.3, 0.4) is 0 Å². The molecule has 4 heteroatoms. The number of aliphatic hydroxyl groups excluding tert-OH is 1. The van der Waals surface area contributed by atoms with E-state index in [0.29, 0.717) is 0 Å². The van der Waals surface area contributed by atoms with Crippen LogP contribution >= 0.6 is 0 Å². The molecule has 98 valence electrons. The molecule has 1 aliphatic carbocycles. The standard InChI is InChI=1S/C15H16N2O2/c18-14-5-1-4-12(14)15(19)17-11-6-7-13-10(9-11)3-2-8-16-13/h2-3,6-9,12,14,18H,1,4-5H2,(H,17,19). The number of anilines is 1. The Hall–Kier alpha value is -1.94. The summed E-state index contributed by atoms with van der Waals surface area (Å²) < 4.78 is 0. The minimum Gasteiger partial charge on any atom is -0.392 e. The lowest BCUT2D eigenvalue weighted by molar-refractivity contribution is -0.122. The van der Waals surface area contributed by atoms with Crippen molar-refractivity contribution in [2.45, 2.75) is 25.4 Å². The average Bonchev–Trinajstić information content (AvgIpc) is 2.85. The first kappa shape index (κ1) is 12.1. The molecular formula is C15H16N2O2. The van der Waals surface area contributed by atoms with Crippen LogP contribution in [0.2, 0.25) is 0 Å². The van der Waals surface area contributed by atoms with Gasteiger partial charge in [-0.05, 0) is 43.5 Å². The van der Waals surface area contributed by atoms with Crippen molar-refractivity contribution in [3.8, 4) is 0 Å². The van der Waals surface area contributed by atoms with E-state index in [1.165, 1.54) is 0 Å². The summed E-state index contributed by atoms with van der Waals surface area (Å²) >= 11 is 0. The number of hydrogen-bond acceptors (Lipinski definition) is 3. The number of carbonyl (C=O) groups is 1.